The first-order valence-electron chi connectivity index (χ1n) is 3.69. The largest absolute Gasteiger partial charge is 0.443 e. The Hall–Kier alpha value is -0.870. The third-order valence-electron chi connectivity index (χ3n) is 1.78. The maximum atomic E-state index is 8.71. The lowest BCUT2D eigenvalue weighted by Gasteiger charge is -2.08. The summed E-state index contributed by atoms with van der Waals surface area (Å²) in [4.78, 5) is 4.09. The Kier molecular flexibility index (Phi) is 1.63. The Morgan fingerprint density at radius 3 is 3.27 bits per heavy atom. The molecule has 4 nitrogen and oxygen atoms in total. The predicted octanol–water partition coefficient (Wildman–Crippen LogP) is -0.187. The molecule has 0 fully saturated rings. The number of oxazole rings is 1. The standard InChI is InChI=1S/C7H10N2O2/c10-4-7-9-5-3-8-2-1-6(5)11-7/h8,10H,1-4H2. The van der Waals surface area contributed by atoms with Gasteiger partial charge in [0.05, 0.1) is 5.69 Å². The summed E-state index contributed by atoms with van der Waals surface area (Å²) in [6.45, 7) is 1.60. The van der Waals surface area contributed by atoms with Crippen molar-refractivity contribution >= 4 is 0 Å². The maximum absolute atomic E-state index is 8.71. The van der Waals surface area contributed by atoms with Gasteiger partial charge < -0.3 is 14.8 Å². The van der Waals surface area contributed by atoms with Crippen LogP contribution in [0.4, 0.5) is 0 Å². The molecule has 1 aromatic rings. The number of fused-ring (bicyclic) bond motifs is 1. The van der Waals surface area contributed by atoms with Gasteiger partial charge in [-0.3, -0.25) is 0 Å². The first-order valence-corrected chi connectivity index (χ1v) is 3.69. The van der Waals surface area contributed by atoms with Crippen molar-refractivity contribution in [3.05, 3.63) is 17.3 Å². The van der Waals surface area contributed by atoms with E-state index in [2.05, 4.69) is 10.3 Å². The molecule has 0 saturated carbocycles. The topological polar surface area (TPSA) is 58.3 Å². The zero-order chi connectivity index (χ0) is 7.68. The van der Waals surface area contributed by atoms with E-state index in [1.54, 1.807) is 0 Å². The smallest absolute Gasteiger partial charge is 0.220 e. The van der Waals surface area contributed by atoms with Crippen molar-refractivity contribution in [2.75, 3.05) is 6.54 Å². The van der Waals surface area contributed by atoms with Crippen molar-refractivity contribution in [1.82, 2.24) is 10.3 Å². The molecule has 0 aromatic carbocycles. The quantitative estimate of drug-likeness (QED) is 0.588. The molecule has 2 rings (SSSR count). The van der Waals surface area contributed by atoms with E-state index in [4.69, 9.17) is 9.52 Å². The highest BCUT2D eigenvalue weighted by atomic mass is 16.4. The van der Waals surface area contributed by atoms with E-state index in [-0.39, 0.29) is 6.61 Å². The number of aliphatic hydroxyl groups excluding tert-OH is 1. The summed E-state index contributed by atoms with van der Waals surface area (Å²) in [6.07, 6.45) is 0.877. The van der Waals surface area contributed by atoms with Crippen molar-refractivity contribution in [2.45, 2.75) is 19.6 Å². The molecule has 2 N–H and O–H groups in total. The maximum Gasteiger partial charge on any atom is 0.220 e. The molecule has 0 aliphatic carbocycles. The van der Waals surface area contributed by atoms with Crippen LogP contribution in [0, 0.1) is 0 Å². The third-order valence-corrected chi connectivity index (χ3v) is 1.78. The Balaban J connectivity index is 2.32. The van der Waals surface area contributed by atoms with Gasteiger partial charge in [0.15, 0.2) is 0 Å². The summed E-state index contributed by atoms with van der Waals surface area (Å²) in [5, 5.41) is 11.9. The van der Waals surface area contributed by atoms with Crippen LogP contribution in [0.3, 0.4) is 0 Å². The SMILES string of the molecule is OCc1nc2c(o1)CCNC2. The van der Waals surface area contributed by atoms with Gasteiger partial charge in [-0.2, -0.15) is 0 Å². The summed E-state index contributed by atoms with van der Waals surface area (Å²) < 4.78 is 5.25. The monoisotopic (exact) mass is 154 g/mol. The van der Waals surface area contributed by atoms with E-state index in [9.17, 15) is 0 Å². The number of hydrogen-bond donors (Lipinski definition) is 2. The van der Waals surface area contributed by atoms with E-state index >= 15 is 0 Å². The average Bonchev–Trinajstić information content (AvgIpc) is 2.46. The Labute approximate surface area is 64.2 Å². The lowest BCUT2D eigenvalue weighted by atomic mass is 10.2. The molecule has 60 valence electrons. The molecule has 4 heteroatoms. The second-order valence-electron chi connectivity index (χ2n) is 2.56. The molecule has 0 bridgehead atoms. The van der Waals surface area contributed by atoms with Crippen molar-refractivity contribution in [1.29, 1.82) is 0 Å². The lowest BCUT2D eigenvalue weighted by molar-refractivity contribution is 0.236. The van der Waals surface area contributed by atoms with Gasteiger partial charge in [0.1, 0.15) is 12.4 Å². The highest BCUT2D eigenvalue weighted by Gasteiger charge is 2.15. The summed E-state index contributed by atoms with van der Waals surface area (Å²) in [5.74, 6) is 1.35. The second kappa shape index (κ2) is 2.64. The van der Waals surface area contributed by atoms with Crippen LogP contribution in [-0.4, -0.2) is 16.6 Å². The number of aromatic nitrogens is 1. The van der Waals surface area contributed by atoms with Crippen LogP contribution >= 0.6 is 0 Å². The Morgan fingerprint density at radius 2 is 2.55 bits per heavy atom. The van der Waals surface area contributed by atoms with Crippen LogP contribution < -0.4 is 5.32 Å². The van der Waals surface area contributed by atoms with E-state index in [0.29, 0.717) is 5.89 Å². The summed E-state index contributed by atoms with van der Waals surface area (Å²) in [6, 6.07) is 0. The molecule has 0 atom stereocenters. The van der Waals surface area contributed by atoms with Gasteiger partial charge in [-0.05, 0) is 0 Å². The highest BCUT2D eigenvalue weighted by Crippen LogP contribution is 2.14. The number of nitrogens with one attached hydrogen (secondary N) is 1. The molecule has 0 spiro atoms. The van der Waals surface area contributed by atoms with Crippen molar-refractivity contribution in [2.24, 2.45) is 0 Å². The van der Waals surface area contributed by atoms with Gasteiger partial charge in [-0.15, -0.1) is 0 Å². The summed E-state index contributed by atoms with van der Waals surface area (Å²) in [5.41, 5.74) is 0.945. The van der Waals surface area contributed by atoms with Crippen molar-refractivity contribution < 1.29 is 9.52 Å². The molecule has 1 aromatic heterocycles. The molecule has 11 heavy (non-hydrogen) atoms. The molecule has 1 aliphatic rings. The number of aliphatic hydroxyl groups is 1. The van der Waals surface area contributed by atoms with E-state index in [0.717, 1.165) is 31.0 Å². The fraction of sp³-hybridized carbons (Fsp3) is 0.571. The molecule has 1 aliphatic heterocycles. The summed E-state index contributed by atoms with van der Waals surface area (Å²) in [7, 11) is 0. The number of hydrogen-bond acceptors (Lipinski definition) is 4. The van der Waals surface area contributed by atoms with Crippen molar-refractivity contribution in [3.8, 4) is 0 Å². The first-order chi connectivity index (χ1) is 5.40. The van der Waals surface area contributed by atoms with Crippen LogP contribution in [0.2, 0.25) is 0 Å². The molecular formula is C7H10N2O2. The minimum absolute atomic E-state index is 0.104. The third kappa shape index (κ3) is 1.15. The summed E-state index contributed by atoms with van der Waals surface area (Å²) >= 11 is 0. The molecule has 2 heterocycles. The predicted molar refractivity (Wildman–Crippen MR) is 37.8 cm³/mol. The van der Waals surface area contributed by atoms with Gasteiger partial charge >= 0.3 is 0 Å². The molecule has 0 saturated heterocycles. The number of nitrogens with zero attached hydrogens (tertiary/aromatic N) is 1. The fourth-order valence-electron chi connectivity index (χ4n) is 1.25. The zero-order valence-electron chi connectivity index (χ0n) is 6.13. The van der Waals surface area contributed by atoms with Gasteiger partial charge in [0, 0.05) is 19.5 Å². The van der Waals surface area contributed by atoms with Gasteiger partial charge in [0.25, 0.3) is 0 Å². The van der Waals surface area contributed by atoms with Gasteiger partial charge in [0.2, 0.25) is 5.89 Å². The number of rotatable bonds is 1. The Bertz CT molecular complexity index is 233. The minimum Gasteiger partial charge on any atom is -0.443 e. The second-order valence-corrected chi connectivity index (χ2v) is 2.56. The zero-order valence-corrected chi connectivity index (χ0v) is 6.13. The first kappa shape index (κ1) is 6.82. The van der Waals surface area contributed by atoms with Crippen LogP contribution in [0.5, 0.6) is 0 Å². The fourth-order valence-corrected chi connectivity index (χ4v) is 1.25. The minimum atomic E-state index is -0.104. The normalized spacial score (nSPS) is 16.5. The lowest BCUT2D eigenvalue weighted by Crippen LogP contribution is -2.22. The van der Waals surface area contributed by atoms with Crippen molar-refractivity contribution in [3.63, 3.8) is 0 Å². The average molecular weight is 154 g/mol. The molecule has 0 amide bonds. The van der Waals surface area contributed by atoms with Gasteiger partial charge in [-0.1, -0.05) is 0 Å². The molecular weight excluding hydrogens is 144 g/mol. The van der Waals surface area contributed by atoms with E-state index < -0.39 is 0 Å². The van der Waals surface area contributed by atoms with Gasteiger partial charge in [-0.25, -0.2) is 4.98 Å². The highest BCUT2D eigenvalue weighted by molar-refractivity contribution is 5.12. The molecule has 0 radical (unpaired) electrons. The van der Waals surface area contributed by atoms with Crippen LogP contribution in [0.15, 0.2) is 4.42 Å². The molecule has 0 unspecified atom stereocenters. The van der Waals surface area contributed by atoms with Crippen LogP contribution in [-0.2, 0) is 19.6 Å². The van der Waals surface area contributed by atoms with E-state index in [1.807, 2.05) is 0 Å². The van der Waals surface area contributed by atoms with Crippen LogP contribution in [0.25, 0.3) is 0 Å². The Morgan fingerprint density at radius 1 is 1.64 bits per heavy atom. The van der Waals surface area contributed by atoms with Crippen LogP contribution in [0.1, 0.15) is 17.3 Å². The van der Waals surface area contributed by atoms with E-state index in [1.165, 1.54) is 0 Å².